The van der Waals surface area contributed by atoms with Crippen molar-refractivity contribution in [3.05, 3.63) is 15.0 Å². The van der Waals surface area contributed by atoms with Crippen molar-refractivity contribution in [1.29, 1.82) is 0 Å². The van der Waals surface area contributed by atoms with Crippen LogP contribution in [0.3, 0.4) is 0 Å². The predicted molar refractivity (Wildman–Crippen MR) is 63.1 cm³/mol. The standard InChI is InChI=1S/C9H13BrN2O2S/c1-9(2,3)12(8(13)14)5-7-11-4-6(10)15-7/h4H,5H2,1-3H3,(H,13,14). The zero-order chi connectivity index (χ0) is 11.6. The number of halogens is 1. The van der Waals surface area contributed by atoms with Gasteiger partial charge in [-0.05, 0) is 36.7 Å². The Morgan fingerprint density at radius 2 is 2.27 bits per heavy atom. The van der Waals surface area contributed by atoms with Gasteiger partial charge in [0.25, 0.3) is 0 Å². The van der Waals surface area contributed by atoms with Crippen molar-refractivity contribution in [2.24, 2.45) is 0 Å². The molecule has 0 spiro atoms. The van der Waals surface area contributed by atoms with E-state index in [1.807, 2.05) is 20.8 Å². The summed E-state index contributed by atoms with van der Waals surface area (Å²) in [5, 5.41) is 9.86. The number of amides is 1. The number of hydrogen-bond acceptors (Lipinski definition) is 3. The van der Waals surface area contributed by atoms with E-state index >= 15 is 0 Å². The highest BCUT2D eigenvalue weighted by Gasteiger charge is 2.26. The first-order valence-electron chi connectivity index (χ1n) is 4.41. The van der Waals surface area contributed by atoms with E-state index in [-0.39, 0.29) is 0 Å². The van der Waals surface area contributed by atoms with Gasteiger partial charge in [0.05, 0.1) is 16.5 Å². The lowest BCUT2D eigenvalue weighted by Crippen LogP contribution is -2.44. The molecular weight excluding hydrogens is 280 g/mol. The third kappa shape index (κ3) is 3.46. The number of carbonyl (C=O) groups is 1. The quantitative estimate of drug-likeness (QED) is 0.911. The molecule has 1 N–H and O–H groups in total. The van der Waals surface area contributed by atoms with E-state index < -0.39 is 11.6 Å². The number of aromatic nitrogens is 1. The Kier molecular flexibility index (Phi) is 3.72. The second-order valence-corrected chi connectivity index (χ2v) is 6.59. The zero-order valence-electron chi connectivity index (χ0n) is 8.82. The summed E-state index contributed by atoms with van der Waals surface area (Å²) in [5.41, 5.74) is -0.413. The van der Waals surface area contributed by atoms with E-state index in [0.29, 0.717) is 6.54 Å². The van der Waals surface area contributed by atoms with Crippen LogP contribution >= 0.6 is 27.3 Å². The molecule has 0 aliphatic heterocycles. The minimum Gasteiger partial charge on any atom is -0.465 e. The number of hydrogen-bond donors (Lipinski definition) is 1. The summed E-state index contributed by atoms with van der Waals surface area (Å²) in [6.07, 6.45) is 0.761. The summed E-state index contributed by atoms with van der Waals surface area (Å²) in [6.45, 7) is 5.92. The van der Waals surface area contributed by atoms with Gasteiger partial charge in [-0.3, -0.25) is 4.90 Å². The van der Waals surface area contributed by atoms with Crippen molar-refractivity contribution >= 4 is 33.4 Å². The molecule has 4 nitrogen and oxygen atoms in total. The molecule has 1 amide bonds. The largest absolute Gasteiger partial charge is 0.465 e. The lowest BCUT2D eigenvalue weighted by atomic mass is 10.1. The molecule has 0 atom stereocenters. The van der Waals surface area contributed by atoms with Gasteiger partial charge in [-0.25, -0.2) is 9.78 Å². The molecule has 0 fully saturated rings. The van der Waals surface area contributed by atoms with Crippen molar-refractivity contribution in [3.8, 4) is 0 Å². The van der Waals surface area contributed by atoms with Crippen molar-refractivity contribution in [2.75, 3.05) is 0 Å². The maximum absolute atomic E-state index is 11.0. The van der Waals surface area contributed by atoms with Crippen LogP contribution in [0.15, 0.2) is 9.98 Å². The maximum Gasteiger partial charge on any atom is 0.408 e. The van der Waals surface area contributed by atoms with Gasteiger partial charge in [0, 0.05) is 5.54 Å². The zero-order valence-corrected chi connectivity index (χ0v) is 11.2. The summed E-state index contributed by atoms with van der Waals surface area (Å²) >= 11 is 4.75. The third-order valence-corrected chi connectivity index (χ3v) is 3.32. The molecule has 0 unspecified atom stereocenters. The summed E-state index contributed by atoms with van der Waals surface area (Å²) in [7, 11) is 0. The molecule has 0 saturated heterocycles. The molecule has 0 aliphatic carbocycles. The van der Waals surface area contributed by atoms with Crippen LogP contribution in [0, 0.1) is 0 Å². The lowest BCUT2D eigenvalue weighted by molar-refractivity contribution is 0.0955. The van der Waals surface area contributed by atoms with Crippen LogP contribution in [-0.4, -0.2) is 26.6 Å². The topological polar surface area (TPSA) is 53.4 Å². The van der Waals surface area contributed by atoms with Gasteiger partial charge in [0.15, 0.2) is 0 Å². The summed E-state index contributed by atoms with van der Waals surface area (Å²) < 4.78 is 0.914. The van der Waals surface area contributed by atoms with E-state index in [1.54, 1.807) is 6.20 Å². The first-order valence-corrected chi connectivity index (χ1v) is 6.02. The highest BCUT2D eigenvalue weighted by molar-refractivity contribution is 9.11. The minimum absolute atomic E-state index is 0.328. The molecule has 15 heavy (non-hydrogen) atoms. The summed E-state index contributed by atoms with van der Waals surface area (Å²) in [5.74, 6) is 0. The number of rotatable bonds is 2. The summed E-state index contributed by atoms with van der Waals surface area (Å²) in [6, 6.07) is 0. The Morgan fingerprint density at radius 3 is 2.60 bits per heavy atom. The van der Waals surface area contributed by atoms with Crippen LogP contribution in [0.2, 0.25) is 0 Å². The maximum atomic E-state index is 11.0. The van der Waals surface area contributed by atoms with Crippen molar-refractivity contribution in [1.82, 2.24) is 9.88 Å². The van der Waals surface area contributed by atoms with Gasteiger partial charge in [-0.2, -0.15) is 0 Å². The van der Waals surface area contributed by atoms with Gasteiger partial charge in [-0.15, -0.1) is 11.3 Å². The molecule has 1 aromatic rings. The van der Waals surface area contributed by atoms with Crippen LogP contribution in [0.5, 0.6) is 0 Å². The van der Waals surface area contributed by atoms with Crippen LogP contribution in [0.1, 0.15) is 25.8 Å². The minimum atomic E-state index is -0.922. The SMILES string of the molecule is CC(C)(C)N(Cc1ncc(Br)s1)C(=O)O. The van der Waals surface area contributed by atoms with Gasteiger partial charge < -0.3 is 5.11 Å². The smallest absolute Gasteiger partial charge is 0.408 e. The lowest BCUT2D eigenvalue weighted by Gasteiger charge is -2.32. The Hall–Kier alpha value is -0.620. The Bertz CT molecular complexity index is 359. The Labute approximate surface area is 101 Å². The van der Waals surface area contributed by atoms with E-state index in [4.69, 9.17) is 5.11 Å². The van der Waals surface area contributed by atoms with E-state index in [0.717, 1.165) is 8.79 Å². The molecular formula is C9H13BrN2O2S. The van der Waals surface area contributed by atoms with Crippen molar-refractivity contribution in [3.63, 3.8) is 0 Å². The van der Waals surface area contributed by atoms with E-state index in [2.05, 4.69) is 20.9 Å². The molecule has 6 heteroatoms. The number of nitrogens with zero attached hydrogens (tertiary/aromatic N) is 2. The Morgan fingerprint density at radius 1 is 1.67 bits per heavy atom. The fourth-order valence-corrected chi connectivity index (χ4v) is 2.38. The summed E-state index contributed by atoms with van der Waals surface area (Å²) in [4.78, 5) is 16.5. The predicted octanol–water partition coefficient (Wildman–Crippen LogP) is 3.18. The third-order valence-electron chi connectivity index (χ3n) is 1.86. The van der Waals surface area contributed by atoms with Crippen LogP contribution < -0.4 is 0 Å². The second kappa shape index (κ2) is 4.49. The van der Waals surface area contributed by atoms with Crippen LogP contribution in [0.25, 0.3) is 0 Å². The molecule has 1 heterocycles. The van der Waals surface area contributed by atoms with Gasteiger partial charge in [0.2, 0.25) is 0 Å². The van der Waals surface area contributed by atoms with Crippen molar-refractivity contribution in [2.45, 2.75) is 32.9 Å². The second-order valence-electron chi connectivity index (χ2n) is 4.10. The molecule has 0 saturated carbocycles. The molecule has 0 aromatic carbocycles. The van der Waals surface area contributed by atoms with E-state index in [9.17, 15) is 4.79 Å². The highest BCUT2D eigenvalue weighted by Crippen LogP contribution is 2.23. The molecule has 0 bridgehead atoms. The van der Waals surface area contributed by atoms with Crippen molar-refractivity contribution < 1.29 is 9.90 Å². The van der Waals surface area contributed by atoms with E-state index in [1.165, 1.54) is 16.2 Å². The molecule has 0 aliphatic rings. The molecule has 1 aromatic heterocycles. The first kappa shape index (κ1) is 12.4. The van der Waals surface area contributed by atoms with Crippen LogP contribution in [-0.2, 0) is 6.54 Å². The molecule has 84 valence electrons. The van der Waals surface area contributed by atoms with Gasteiger partial charge >= 0.3 is 6.09 Å². The van der Waals surface area contributed by atoms with Crippen LogP contribution in [0.4, 0.5) is 4.79 Å². The Balaban J connectivity index is 2.81. The average Bonchev–Trinajstić information content (AvgIpc) is 2.44. The molecule has 1 rings (SSSR count). The molecule has 0 radical (unpaired) electrons. The first-order chi connectivity index (χ1) is 6.80. The monoisotopic (exact) mass is 292 g/mol. The fourth-order valence-electron chi connectivity index (χ4n) is 1.09. The number of thiazole rings is 1. The van der Waals surface area contributed by atoms with Gasteiger partial charge in [0.1, 0.15) is 5.01 Å². The van der Waals surface area contributed by atoms with Gasteiger partial charge in [-0.1, -0.05) is 0 Å². The number of carboxylic acid groups (broad SMARTS) is 1. The highest BCUT2D eigenvalue weighted by atomic mass is 79.9. The normalized spacial score (nSPS) is 11.5. The fraction of sp³-hybridized carbons (Fsp3) is 0.556. The average molecular weight is 293 g/mol.